The van der Waals surface area contributed by atoms with Gasteiger partial charge in [-0.25, -0.2) is 4.39 Å². The van der Waals surface area contributed by atoms with Crippen molar-refractivity contribution in [1.29, 1.82) is 0 Å². The maximum absolute atomic E-state index is 14.3. The summed E-state index contributed by atoms with van der Waals surface area (Å²) in [5.74, 6) is 1.83. The fraction of sp³-hybridized carbons (Fsp3) is 0.667. The molecule has 1 aromatic rings. The van der Waals surface area contributed by atoms with Crippen molar-refractivity contribution >= 4 is 0 Å². The fourth-order valence-electron chi connectivity index (χ4n) is 4.73. The number of piperidine rings is 1. The minimum Gasteiger partial charge on any atom is -0.316 e. The van der Waals surface area contributed by atoms with Crippen LogP contribution in [0.4, 0.5) is 4.39 Å². The summed E-state index contributed by atoms with van der Waals surface area (Å²) in [6.45, 7) is 6.78. The van der Waals surface area contributed by atoms with Gasteiger partial charge in [0, 0.05) is 12.5 Å². The normalized spacial score (nSPS) is 38.0. The van der Waals surface area contributed by atoms with E-state index in [1.54, 1.807) is 12.1 Å². The lowest BCUT2D eigenvalue weighted by Gasteiger charge is -2.52. The van der Waals surface area contributed by atoms with Crippen LogP contribution < -0.4 is 5.32 Å². The van der Waals surface area contributed by atoms with Gasteiger partial charge in [0.15, 0.2) is 0 Å². The van der Waals surface area contributed by atoms with E-state index in [0.29, 0.717) is 17.3 Å². The Morgan fingerprint density at radius 2 is 2.00 bits per heavy atom. The molecule has 1 heterocycles. The summed E-state index contributed by atoms with van der Waals surface area (Å²) in [6, 6.07) is 7.40. The van der Waals surface area contributed by atoms with Gasteiger partial charge in [0.1, 0.15) is 5.82 Å². The summed E-state index contributed by atoms with van der Waals surface area (Å²) >= 11 is 0. The molecule has 0 amide bonds. The molecule has 1 aliphatic heterocycles. The Hall–Kier alpha value is -0.890. The largest absolute Gasteiger partial charge is 0.316 e. The molecule has 2 aliphatic rings. The van der Waals surface area contributed by atoms with Crippen LogP contribution in [0.1, 0.15) is 51.0 Å². The number of hydrogen-bond donors (Lipinski definition) is 1. The Balaban J connectivity index is 1.97. The summed E-state index contributed by atoms with van der Waals surface area (Å²) in [5.41, 5.74) is 1.24. The van der Waals surface area contributed by atoms with Crippen LogP contribution >= 0.6 is 0 Å². The second-order valence-electron chi connectivity index (χ2n) is 7.04. The van der Waals surface area contributed by atoms with Crippen LogP contribution in [0.2, 0.25) is 0 Å². The molecule has 110 valence electrons. The van der Waals surface area contributed by atoms with Gasteiger partial charge < -0.3 is 5.32 Å². The highest BCUT2D eigenvalue weighted by Gasteiger charge is 2.48. The van der Waals surface area contributed by atoms with Crippen LogP contribution in [0, 0.1) is 23.1 Å². The molecule has 4 atom stereocenters. The molecule has 1 saturated carbocycles. The van der Waals surface area contributed by atoms with Crippen molar-refractivity contribution in [3.05, 3.63) is 35.6 Å². The Labute approximate surface area is 122 Å². The average molecular weight is 275 g/mol. The molecule has 0 bridgehead atoms. The first-order valence-electron chi connectivity index (χ1n) is 8.08. The molecule has 1 aliphatic carbocycles. The molecule has 1 N–H and O–H groups in total. The Kier molecular flexibility index (Phi) is 3.85. The maximum atomic E-state index is 14.3. The summed E-state index contributed by atoms with van der Waals surface area (Å²) in [7, 11) is 0. The second-order valence-corrected chi connectivity index (χ2v) is 7.04. The highest BCUT2D eigenvalue weighted by molar-refractivity contribution is 5.26. The van der Waals surface area contributed by atoms with Crippen LogP contribution in [0.5, 0.6) is 0 Å². The van der Waals surface area contributed by atoms with E-state index < -0.39 is 0 Å². The lowest BCUT2D eigenvalue weighted by atomic mass is 9.54. The van der Waals surface area contributed by atoms with Gasteiger partial charge in [-0.15, -0.1) is 0 Å². The summed E-state index contributed by atoms with van der Waals surface area (Å²) < 4.78 is 14.3. The van der Waals surface area contributed by atoms with Crippen LogP contribution in [-0.4, -0.2) is 13.1 Å². The first-order chi connectivity index (χ1) is 9.63. The van der Waals surface area contributed by atoms with Crippen molar-refractivity contribution in [3.63, 3.8) is 0 Å². The molecule has 1 aromatic carbocycles. The number of rotatable bonds is 1. The first kappa shape index (κ1) is 14.1. The van der Waals surface area contributed by atoms with Gasteiger partial charge >= 0.3 is 0 Å². The number of hydrogen-bond acceptors (Lipinski definition) is 1. The number of nitrogens with one attached hydrogen (secondary N) is 1. The minimum atomic E-state index is -0.0219. The van der Waals surface area contributed by atoms with Crippen molar-refractivity contribution in [3.8, 4) is 0 Å². The third-order valence-corrected chi connectivity index (χ3v) is 5.93. The molecular weight excluding hydrogens is 249 g/mol. The van der Waals surface area contributed by atoms with Gasteiger partial charge in [-0.3, -0.25) is 0 Å². The van der Waals surface area contributed by atoms with E-state index in [1.807, 2.05) is 12.1 Å². The molecule has 1 nitrogen and oxygen atoms in total. The van der Waals surface area contributed by atoms with Crippen LogP contribution in [0.15, 0.2) is 24.3 Å². The topological polar surface area (TPSA) is 12.0 Å². The second kappa shape index (κ2) is 5.48. The van der Waals surface area contributed by atoms with Crippen molar-refractivity contribution in [1.82, 2.24) is 5.32 Å². The van der Waals surface area contributed by atoms with Gasteiger partial charge in [0.25, 0.3) is 0 Å². The van der Waals surface area contributed by atoms with Crippen molar-refractivity contribution in [2.24, 2.45) is 17.3 Å². The van der Waals surface area contributed by atoms with Crippen LogP contribution in [0.25, 0.3) is 0 Å². The lowest BCUT2D eigenvalue weighted by molar-refractivity contribution is 0.0218. The number of halogens is 1. The van der Waals surface area contributed by atoms with E-state index in [-0.39, 0.29) is 5.82 Å². The van der Waals surface area contributed by atoms with E-state index in [9.17, 15) is 4.39 Å². The van der Waals surface area contributed by atoms with Gasteiger partial charge in [-0.05, 0) is 54.7 Å². The predicted molar refractivity (Wildman–Crippen MR) is 81.2 cm³/mol. The van der Waals surface area contributed by atoms with Crippen LogP contribution in [0.3, 0.4) is 0 Å². The first-order valence-corrected chi connectivity index (χ1v) is 8.08. The zero-order valence-electron chi connectivity index (χ0n) is 12.7. The zero-order chi connectivity index (χ0) is 14.2. The highest BCUT2D eigenvalue weighted by atomic mass is 19.1. The quantitative estimate of drug-likeness (QED) is 0.803. The lowest BCUT2D eigenvalue weighted by Crippen LogP contribution is -2.49. The molecule has 2 fully saturated rings. The molecule has 20 heavy (non-hydrogen) atoms. The Morgan fingerprint density at radius 3 is 2.75 bits per heavy atom. The van der Waals surface area contributed by atoms with Crippen molar-refractivity contribution < 1.29 is 4.39 Å². The summed E-state index contributed by atoms with van der Waals surface area (Å²) in [6.07, 6.45) is 5.05. The average Bonchev–Trinajstić information content (AvgIpc) is 2.45. The summed E-state index contributed by atoms with van der Waals surface area (Å²) in [4.78, 5) is 0. The molecule has 0 aromatic heterocycles. The third kappa shape index (κ3) is 2.28. The molecule has 0 radical (unpaired) electrons. The molecular formula is C18H26FN. The maximum Gasteiger partial charge on any atom is 0.126 e. The zero-order valence-corrected chi connectivity index (χ0v) is 12.7. The standard InChI is InChI=1S/C18H26FN/c1-13-7-8-18(14(2)11-13)9-10-20-12-16(18)15-5-3-4-6-17(15)19/h3-6,13-14,16,20H,7-12H2,1-2H3. The fourth-order valence-corrected chi connectivity index (χ4v) is 4.73. The van der Waals surface area contributed by atoms with E-state index in [1.165, 1.54) is 25.7 Å². The SMILES string of the molecule is CC1CCC2(CCNCC2c2ccccc2F)C(C)C1. The molecule has 4 unspecified atom stereocenters. The van der Waals surface area contributed by atoms with Gasteiger partial charge in [0.2, 0.25) is 0 Å². The number of benzene rings is 1. The van der Waals surface area contributed by atoms with Gasteiger partial charge in [-0.1, -0.05) is 38.5 Å². The highest BCUT2D eigenvalue weighted by Crippen LogP contribution is 2.55. The van der Waals surface area contributed by atoms with E-state index >= 15 is 0 Å². The summed E-state index contributed by atoms with van der Waals surface area (Å²) in [5, 5.41) is 3.50. The molecule has 2 heteroatoms. The molecule has 3 rings (SSSR count). The van der Waals surface area contributed by atoms with E-state index in [2.05, 4.69) is 19.2 Å². The van der Waals surface area contributed by atoms with E-state index in [4.69, 9.17) is 0 Å². The monoisotopic (exact) mass is 275 g/mol. The van der Waals surface area contributed by atoms with Crippen molar-refractivity contribution in [2.75, 3.05) is 13.1 Å². The molecule has 1 saturated heterocycles. The smallest absolute Gasteiger partial charge is 0.126 e. The third-order valence-electron chi connectivity index (χ3n) is 5.93. The Bertz CT molecular complexity index is 472. The van der Waals surface area contributed by atoms with Crippen molar-refractivity contribution in [2.45, 2.75) is 45.4 Å². The van der Waals surface area contributed by atoms with Gasteiger partial charge in [-0.2, -0.15) is 0 Å². The van der Waals surface area contributed by atoms with Crippen LogP contribution in [-0.2, 0) is 0 Å². The minimum absolute atomic E-state index is 0.0219. The van der Waals surface area contributed by atoms with Gasteiger partial charge in [0.05, 0.1) is 0 Å². The molecule has 1 spiro atoms. The predicted octanol–water partition coefficient (Wildman–Crippen LogP) is 4.35. The Morgan fingerprint density at radius 1 is 1.20 bits per heavy atom. The van der Waals surface area contributed by atoms with E-state index in [0.717, 1.165) is 24.6 Å².